The fourth-order valence-electron chi connectivity index (χ4n) is 2.23. The third-order valence-electron chi connectivity index (χ3n) is 3.54. The number of aromatic nitrogens is 2. The predicted molar refractivity (Wildman–Crippen MR) is 99.1 cm³/mol. The van der Waals surface area contributed by atoms with Gasteiger partial charge in [0.05, 0.1) is 12.2 Å². The molecule has 24 heavy (non-hydrogen) atoms. The SMILES string of the molecule is CC(C)NC(=O)c1cc(C(C)(C)C)nn1Cc1ccc(Cl)cc1Cl. The van der Waals surface area contributed by atoms with E-state index in [9.17, 15) is 4.79 Å². The highest BCUT2D eigenvalue weighted by Crippen LogP contribution is 2.25. The van der Waals surface area contributed by atoms with Crippen molar-refractivity contribution in [2.75, 3.05) is 0 Å². The summed E-state index contributed by atoms with van der Waals surface area (Å²) < 4.78 is 1.70. The molecule has 1 aromatic heterocycles. The van der Waals surface area contributed by atoms with Crippen molar-refractivity contribution in [3.8, 4) is 0 Å². The lowest BCUT2D eigenvalue weighted by Gasteiger charge is -2.14. The zero-order chi connectivity index (χ0) is 18.1. The number of hydrogen-bond donors (Lipinski definition) is 1. The molecule has 0 saturated carbocycles. The smallest absolute Gasteiger partial charge is 0.269 e. The van der Waals surface area contributed by atoms with Crippen LogP contribution in [-0.4, -0.2) is 21.7 Å². The standard InChI is InChI=1S/C18H23Cl2N3O/c1-11(2)21-17(24)15-9-16(18(3,4)5)22-23(15)10-12-6-7-13(19)8-14(12)20/h6-9,11H,10H2,1-5H3,(H,21,24). The molecule has 0 aliphatic rings. The van der Waals surface area contributed by atoms with Crippen molar-refractivity contribution in [3.63, 3.8) is 0 Å². The van der Waals surface area contributed by atoms with Gasteiger partial charge < -0.3 is 5.32 Å². The maximum absolute atomic E-state index is 12.5. The molecule has 1 aromatic carbocycles. The van der Waals surface area contributed by atoms with Crippen molar-refractivity contribution in [1.82, 2.24) is 15.1 Å². The molecular formula is C18H23Cl2N3O. The Morgan fingerprint density at radius 2 is 1.92 bits per heavy atom. The minimum atomic E-state index is -0.151. The van der Waals surface area contributed by atoms with Gasteiger partial charge in [-0.2, -0.15) is 5.10 Å². The summed E-state index contributed by atoms with van der Waals surface area (Å²) in [5.41, 5.74) is 2.10. The molecule has 0 atom stereocenters. The van der Waals surface area contributed by atoms with Crippen LogP contribution in [0.5, 0.6) is 0 Å². The summed E-state index contributed by atoms with van der Waals surface area (Å²) >= 11 is 12.2. The number of nitrogens with one attached hydrogen (secondary N) is 1. The third-order valence-corrected chi connectivity index (χ3v) is 4.12. The summed E-state index contributed by atoms with van der Waals surface area (Å²) in [4.78, 5) is 12.5. The summed E-state index contributed by atoms with van der Waals surface area (Å²) in [6.45, 7) is 10.5. The van der Waals surface area contributed by atoms with E-state index in [1.54, 1.807) is 16.8 Å². The number of nitrogens with zero attached hydrogens (tertiary/aromatic N) is 2. The second-order valence-corrected chi connectivity index (χ2v) is 8.03. The van der Waals surface area contributed by atoms with E-state index >= 15 is 0 Å². The lowest BCUT2D eigenvalue weighted by atomic mass is 9.92. The molecular weight excluding hydrogens is 345 g/mol. The number of amides is 1. The van der Waals surface area contributed by atoms with E-state index < -0.39 is 0 Å². The van der Waals surface area contributed by atoms with E-state index in [4.69, 9.17) is 23.2 Å². The van der Waals surface area contributed by atoms with E-state index in [2.05, 4.69) is 31.2 Å². The third kappa shape index (κ3) is 4.52. The Morgan fingerprint density at radius 1 is 1.25 bits per heavy atom. The number of hydrogen-bond acceptors (Lipinski definition) is 2. The van der Waals surface area contributed by atoms with Crippen molar-refractivity contribution in [3.05, 3.63) is 51.3 Å². The monoisotopic (exact) mass is 367 g/mol. The average Bonchev–Trinajstić information content (AvgIpc) is 2.85. The number of rotatable bonds is 4. The molecule has 0 aliphatic carbocycles. The molecule has 0 spiro atoms. The first-order valence-corrected chi connectivity index (χ1v) is 8.66. The van der Waals surface area contributed by atoms with E-state index in [-0.39, 0.29) is 17.4 Å². The molecule has 2 aromatic rings. The molecule has 1 amide bonds. The van der Waals surface area contributed by atoms with Gasteiger partial charge in [0.15, 0.2) is 0 Å². The van der Waals surface area contributed by atoms with Crippen LogP contribution in [-0.2, 0) is 12.0 Å². The van der Waals surface area contributed by atoms with E-state index in [1.807, 2.05) is 26.0 Å². The van der Waals surface area contributed by atoms with Gasteiger partial charge in [-0.15, -0.1) is 0 Å². The molecule has 0 radical (unpaired) electrons. The lowest BCUT2D eigenvalue weighted by Crippen LogP contribution is -2.32. The van der Waals surface area contributed by atoms with Crippen molar-refractivity contribution in [1.29, 1.82) is 0 Å². The van der Waals surface area contributed by atoms with Gasteiger partial charge in [-0.25, -0.2) is 0 Å². The number of benzene rings is 1. The van der Waals surface area contributed by atoms with Crippen LogP contribution in [0.1, 0.15) is 56.4 Å². The molecule has 1 heterocycles. The first kappa shape index (κ1) is 18.8. The van der Waals surface area contributed by atoms with Crippen LogP contribution in [0.4, 0.5) is 0 Å². The number of carbonyl (C=O) groups excluding carboxylic acids is 1. The maximum Gasteiger partial charge on any atom is 0.269 e. The highest BCUT2D eigenvalue weighted by molar-refractivity contribution is 6.35. The van der Waals surface area contributed by atoms with Crippen LogP contribution in [0.2, 0.25) is 10.0 Å². The summed E-state index contributed by atoms with van der Waals surface area (Å²) in [6.07, 6.45) is 0. The highest BCUT2D eigenvalue weighted by atomic mass is 35.5. The lowest BCUT2D eigenvalue weighted by molar-refractivity contribution is 0.0932. The topological polar surface area (TPSA) is 46.9 Å². The summed E-state index contributed by atoms with van der Waals surface area (Å²) in [5, 5.41) is 8.69. The largest absolute Gasteiger partial charge is 0.349 e. The second-order valence-electron chi connectivity index (χ2n) is 7.19. The van der Waals surface area contributed by atoms with Crippen molar-refractivity contribution in [2.45, 2.75) is 52.6 Å². The van der Waals surface area contributed by atoms with Gasteiger partial charge >= 0.3 is 0 Å². The summed E-state index contributed by atoms with van der Waals surface area (Å²) in [6, 6.07) is 7.23. The Labute approximate surface area is 153 Å². The Balaban J connectivity index is 2.43. The minimum absolute atomic E-state index is 0.0538. The minimum Gasteiger partial charge on any atom is -0.349 e. The highest BCUT2D eigenvalue weighted by Gasteiger charge is 2.23. The molecule has 6 heteroatoms. The van der Waals surface area contributed by atoms with Crippen LogP contribution in [0, 0.1) is 0 Å². The van der Waals surface area contributed by atoms with E-state index in [0.717, 1.165) is 11.3 Å². The second kappa shape index (κ2) is 7.16. The van der Waals surface area contributed by atoms with Gasteiger partial charge in [-0.1, -0.05) is 50.0 Å². The predicted octanol–water partition coefficient (Wildman–Crippen LogP) is 4.67. The first-order valence-electron chi connectivity index (χ1n) is 7.91. The van der Waals surface area contributed by atoms with Crippen LogP contribution >= 0.6 is 23.2 Å². The van der Waals surface area contributed by atoms with Crippen LogP contribution in [0.15, 0.2) is 24.3 Å². The summed E-state index contributed by atoms with van der Waals surface area (Å²) in [7, 11) is 0. The Hall–Kier alpha value is -1.52. The van der Waals surface area contributed by atoms with Gasteiger partial charge in [0.25, 0.3) is 5.91 Å². The van der Waals surface area contributed by atoms with Gasteiger partial charge in [0.1, 0.15) is 5.69 Å². The molecule has 0 fully saturated rings. The van der Waals surface area contributed by atoms with Crippen LogP contribution < -0.4 is 5.32 Å². The van der Waals surface area contributed by atoms with Gasteiger partial charge in [0, 0.05) is 21.5 Å². The Morgan fingerprint density at radius 3 is 2.46 bits per heavy atom. The van der Waals surface area contributed by atoms with Crippen molar-refractivity contribution < 1.29 is 4.79 Å². The van der Waals surface area contributed by atoms with Crippen LogP contribution in [0.25, 0.3) is 0 Å². The summed E-state index contributed by atoms with van der Waals surface area (Å²) in [5.74, 6) is -0.141. The normalized spacial score (nSPS) is 11.8. The van der Waals surface area contributed by atoms with Crippen molar-refractivity contribution >= 4 is 29.1 Å². The van der Waals surface area contributed by atoms with Gasteiger partial charge in [-0.05, 0) is 37.6 Å². The maximum atomic E-state index is 12.5. The molecule has 2 rings (SSSR count). The molecule has 130 valence electrons. The number of halogens is 2. The molecule has 0 aliphatic heterocycles. The van der Waals surface area contributed by atoms with Gasteiger partial charge in [-0.3, -0.25) is 9.48 Å². The zero-order valence-corrected chi connectivity index (χ0v) is 16.2. The fourth-order valence-corrected chi connectivity index (χ4v) is 2.70. The molecule has 4 nitrogen and oxygen atoms in total. The molecule has 0 saturated heterocycles. The fraction of sp³-hybridized carbons (Fsp3) is 0.444. The zero-order valence-electron chi connectivity index (χ0n) is 14.7. The van der Waals surface area contributed by atoms with Crippen LogP contribution in [0.3, 0.4) is 0 Å². The molecule has 0 bridgehead atoms. The van der Waals surface area contributed by atoms with Crippen molar-refractivity contribution in [2.24, 2.45) is 0 Å². The van der Waals surface area contributed by atoms with Gasteiger partial charge in [0.2, 0.25) is 0 Å². The average molecular weight is 368 g/mol. The Bertz CT molecular complexity index is 745. The molecule has 0 unspecified atom stereocenters. The number of carbonyl (C=O) groups is 1. The molecule has 1 N–H and O–H groups in total. The quantitative estimate of drug-likeness (QED) is 0.852. The van der Waals surface area contributed by atoms with E-state index in [1.165, 1.54) is 0 Å². The first-order chi connectivity index (χ1) is 11.1. The van der Waals surface area contributed by atoms with E-state index in [0.29, 0.717) is 22.3 Å². The Kier molecular flexibility index (Phi) is 5.61.